The maximum absolute atomic E-state index is 13.9. The van der Waals surface area contributed by atoms with Gasteiger partial charge < -0.3 is 15.0 Å². The van der Waals surface area contributed by atoms with Crippen LogP contribution in [-0.2, 0) is 10.3 Å². The summed E-state index contributed by atoms with van der Waals surface area (Å²) >= 11 is 0. The van der Waals surface area contributed by atoms with E-state index in [9.17, 15) is 4.39 Å². The molecule has 0 bridgehead atoms. The fourth-order valence-electron chi connectivity index (χ4n) is 2.39. The van der Waals surface area contributed by atoms with E-state index in [2.05, 4.69) is 10.1 Å². The van der Waals surface area contributed by atoms with Crippen LogP contribution in [0.2, 0.25) is 0 Å². The Morgan fingerprint density at radius 2 is 2.00 bits per heavy atom. The van der Waals surface area contributed by atoms with E-state index in [-0.39, 0.29) is 17.1 Å². The van der Waals surface area contributed by atoms with Crippen molar-refractivity contribution in [1.29, 1.82) is 0 Å². The number of nitrogens with zero attached hydrogens (tertiary/aromatic N) is 2. The predicted octanol–water partition coefficient (Wildman–Crippen LogP) is 3.51. The van der Waals surface area contributed by atoms with E-state index >= 15 is 0 Å². The van der Waals surface area contributed by atoms with E-state index in [1.807, 2.05) is 20.8 Å². The maximum atomic E-state index is 13.9. The minimum atomic E-state index is -0.615. The second-order valence-electron chi connectivity index (χ2n) is 4.76. The molecule has 0 fully saturated rings. The van der Waals surface area contributed by atoms with Gasteiger partial charge in [0.15, 0.2) is 0 Å². The molecule has 0 atom stereocenters. The third-order valence-electron chi connectivity index (χ3n) is 3.66. The zero-order valence-corrected chi connectivity index (χ0v) is 12.5. The Morgan fingerprint density at radius 1 is 1.29 bits per heavy atom. The van der Waals surface area contributed by atoms with E-state index in [0.29, 0.717) is 25.3 Å². The molecule has 114 valence electrons. The lowest BCUT2D eigenvalue weighted by Crippen LogP contribution is -2.29. The SMILES string of the molecule is CCOC(CC)(CC)c1noc(-c2c(N)cccc2F)n1. The van der Waals surface area contributed by atoms with Crippen molar-refractivity contribution in [3.05, 3.63) is 29.8 Å². The van der Waals surface area contributed by atoms with Crippen LogP contribution in [0.25, 0.3) is 11.5 Å². The van der Waals surface area contributed by atoms with Gasteiger partial charge in [0.25, 0.3) is 5.89 Å². The normalized spacial score (nSPS) is 11.8. The smallest absolute Gasteiger partial charge is 0.263 e. The summed E-state index contributed by atoms with van der Waals surface area (Å²) in [5, 5.41) is 3.97. The van der Waals surface area contributed by atoms with Crippen LogP contribution in [-0.4, -0.2) is 16.7 Å². The van der Waals surface area contributed by atoms with Crippen molar-refractivity contribution in [3.8, 4) is 11.5 Å². The highest BCUT2D eigenvalue weighted by atomic mass is 19.1. The molecular weight excluding hydrogens is 273 g/mol. The first-order valence-electron chi connectivity index (χ1n) is 7.10. The molecule has 0 aliphatic rings. The van der Waals surface area contributed by atoms with Crippen LogP contribution in [0, 0.1) is 5.82 Å². The quantitative estimate of drug-likeness (QED) is 0.825. The average molecular weight is 293 g/mol. The predicted molar refractivity (Wildman–Crippen MR) is 78.0 cm³/mol. The van der Waals surface area contributed by atoms with E-state index < -0.39 is 11.4 Å². The summed E-state index contributed by atoms with van der Waals surface area (Å²) in [4.78, 5) is 4.31. The Labute approximate surface area is 123 Å². The van der Waals surface area contributed by atoms with Crippen LogP contribution in [0.5, 0.6) is 0 Å². The summed E-state index contributed by atoms with van der Waals surface area (Å²) in [6.07, 6.45) is 1.39. The Balaban J connectivity index is 2.46. The Bertz CT molecular complexity index is 588. The van der Waals surface area contributed by atoms with Gasteiger partial charge in [-0.15, -0.1) is 0 Å². The van der Waals surface area contributed by atoms with Crippen LogP contribution in [0.3, 0.4) is 0 Å². The topological polar surface area (TPSA) is 74.2 Å². The van der Waals surface area contributed by atoms with Gasteiger partial charge in [-0.1, -0.05) is 25.1 Å². The molecule has 21 heavy (non-hydrogen) atoms. The largest absolute Gasteiger partial charge is 0.398 e. The first-order valence-corrected chi connectivity index (χ1v) is 7.10. The standard InChI is InChI=1S/C15H20FN3O2/c1-4-15(5-2,20-6-3)14-18-13(21-19-14)12-10(16)8-7-9-11(12)17/h7-9H,4-6,17H2,1-3H3. The fraction of sp³-hybridized carbons (Fsp3) is 0.467. The zero-order valence-electron chi connectivity index (χ0n) is 12.5. The van der Waals surface area contributed by atoms with E-state index in [1.54, 1.807) is 6.07 Å². The first-order chi connectivity index (χ1) is 10.1. The van der Waals surface area contributed by atoms with Crippen LogP contribution in [0.4, 0.5) is 10.1 Å². The summed E-state index contributed by atoms with van der Waals surface area (Å²) in [6.45, 7) is 6.43. The first kappa shape index (κ1) is 15.4. The van der Waals surface area contributed by atoms with Gasteiger partial charge in [-0.2, -0.15) is 4.98 Å². The summed E-state index contributed by atoms with van der Waals surface area (Å²) in [7, 11) is 0. The van der Waals surface area contributed by atoms with Crippen LogP contribution in [0.15, 0.2) is 22.7 Å². The number of nitrogen functional groups attached to an aromatic ring is 1. The summed E-state index contributed by atoms with van der Waals surface area (Å²) in [5.74, 6) is 0.0128. The number of benzene rings is 1. The van der Waals surface area contributed by atoms with Gasteiger partial charge in [-0.05, 0) is 31.9 Å². The van der Waals surface area contributed by atoms with Crippen LogP contribution >= 0.6 is 0 Å². The van der Waals surface area contributed by atoms with Gasteiger partial charge in [0.05, 0.1) is 5.56 Å². The molecule has 1 aromatic carbocycles. The molecule has 0 saturated carbocycles. The van der Waals surface area contributed by atoms with Crippen molar-refractivity contribution < 1.29 is 13.7 Å². The number of nitrogens with two attached hydrogens (primary N) is 1. The molecule has 0 radical (unpaired) electrons. The number of hydrogen-bond acceptors (Lipinski definition) is 5. The Hall–Kier alpha value is -1.95. The minimum absolute atomic E-state index is 0.0755. The lowest BCUT2D eigenvalue weighted by molar-refractivity contribution is -0.0583. The molecule has 0 aliphatic heterocycles. The van der Waals surface area contributed by atoms with Crippen LogP contribution < -0.4 is 5.73 Å². The molecule has 1 aromatic heterocycles. The molecule has 0 unspecified atom stereocenters. The lowest BCUT2D eigenvalue weighted by Gasteiger charge is -2.27. The third-order valence-corrected chi connectivity index (χ3v) is 3.66. The Kier molecular flexibility index (Phi) is 4.57. The minimum Gasteiger partial charge on any atom is -0.398 e. The van der Waals surface area contributed by atoms with Gasteiger partial charge in [-0.25, -0.2) is 4.39 Å². The molecule has 0 spiro atoms. The van der Waals surface area contributed by atoms with E-state index in [1.165, 1.54) is 12.1 Å². The fourth-order valence-corrected chi connectivity index (χ4v) is 2.39. The maximum Gasteiger partial charge on any atom is 0.263 e. The molecule has 1 heterocycles. The van der Waals surface area contributed by atoms with Crippen molar-refractivity contribution in [2.45, 2.75) is 39.2 Å². The highest BCUT2D eigenvalue weighted by Gasteiger charge is 2.35. The van der Waals surface area contributed by atoms with Gasteiger partial charge in [-0.3, -0.25) is 0 Å². The molecule has 2 N–H and O–H groups in total. The van der Waals surface area contributed by atoms with Gasteiger partial charge >= 0.3 is 0 Å². The number of ether oxygens (including phenoxy) is 1. The average Bonchev–Trinajstić information content (AvgIpc) is 2.95. The number of hydrogen-bond donors (Lipinski definition) is 1. The monoisotopic (exact) mass is 293 g/mol. The number of rotatable bonds is 6. The van der Waals surface area contributed by atoms with E-state index in [0.717, 1.165) is 0 Å². The van der Waals surface area contributed by atoms with Gasteiger partial charge in [0.2, 0.25) is 5.82 Å². The highest BCUT2D eigenvalue weighted by Crippen LogP contribution is 2.34. The highest BCUT2D eigenvalue weighted by molar-refractivity contribution is 5.70. The summed E-state index contributed by atoms with van der Waals surface area (Å²) < 4.78 is 24.9. The second kappa shape index (κ2) is 6.22. The molecule has 0 aliphatic carbocycles. The number of anilines is 1. The molecular formula is C15H20FN3O2. The molecule has 2 rings (SSSR count). The summed E-state index contributed by atoms with van der Waals surface area (Å²) in [6, 6.07) is 4.44. The number of aromatic nitrogens is 2. The van der Waals surface area contributed by atoms with E-state index in [4.69, 9.17) is 15.0 Å². The Morgan fingerprint density at radius 3 is 2.57 bits per heavy atom. The number of halogens is 1. The zero-order chi connectivity index (χ0) is 15.5. The van der Waals surface area contributed by atoms with Gasteiger partial charge in [0, 0.05) is 12.3 Å². The third kappa shape index (κ3) is 2.76. The molecule has 0 saturated heterocycles. The molecule has 6 heteroatoms. The molecule has 0 amide bonds. The summed E-state index contributed by atoms with van der Waals surface area (Å²) in [5.41, 5.74) is 5.58. The van der Waals surface area contributed by atoms with Crippen molar-refractivity contribution in [2.75, 3.05) is 12.3 Å². The van der Waals surface area contributed by atoms with Crippen molar-refractivity contribution >= 4 is 5.69 Å². The second-order valence-corrected chi connectivity index (χ2v) is 4.76. The lowest BCUT2D eigenvalue weighted by atomic mass is 9.96. The van der Waals surface area contributed by atoms with Crippen molar-refractivity contribution in [2.24, 2.45) is 0 Å². The molecule has 5 nitrogen and oxygen atoms in total. The van der Waals surface area contributed by atoms with Crippen molar-refractivity contribution in [3.63, 3.8) is 0 Å². The van der Waals surface area contributed by atoms with Crippen LogP contribution in [0.1, 0.15) is 39.4 Å². The van der Waals surface area contributed by atoms with Gasteiger partial charge in [0.1, 0.15) is 11.4 Å². The molecule has 2 aromatic rings. The van der Waals surface area contributed by atoms with Crippen molar-refractivity contribution in [1.82, 2.24) is 10.1 Å².